The van der Waals surface area contributed by atoms with Gasteiger partial charge in [-0.1, -0.05) is 39.7 Å². The van der Waals surface area contributed by atoms with E-state index in [1.54, 1.807) is 7.11 Å². The lowest BCUT2D eigenvalue weighted by molar-refractivity contribution is 0.280. The van der Waals surface area contributed by atoms with E-state index in [0.717, 1.165) is 46.6 Å². The molecule has 136 valence electrons. The van der Waals surface area contributed by atoms with E-state index in [0.29, 0.717) is 18.2 Å². The van der Waals surface area contributed by atoms with Gasteiger partial charge in [-0.2, -0.15) is 0 Å². The summed E-state index contributed by atoms with van der Waals surface area (Å²) in [4.78, 5) is 0. The molecule has 0 aromatic heterocycles. The SMILES string of the molecule is CNCCCNCc1c(Br)ccc(OC)c1OCc1cccc(Cl)c1. The lowest BCUT2D eigenvalue weighted by atomic mass is 10.1. The number of ether oxygens (including phenoxy) is 2. The summed E-state index contributed by atoms with van der Waals surface area (Å²) in [6.45, 7) is 3.05. The molecule has 2 aromatic carbocycles. The molecule has 2 aromatic rings. The predicted octanol–water partition coefficient (Wildman–Crippen LogP) is 4.39. The largest absolute Gasteiger partial charge is 0.493 e. The molecule has 0 unspecified atom stereocenters. The molecular weight excluding hydrogens is 404 g/mol. The first-order chi connectivity index (χ1) is 12.2. The third-order valence-electron chi connectivity index (χ3n) is 3.74. The van der Waals surface area contributed by atoms with Crippen LogP contribution >= 0.6 is 27.5 Å². The molecule has 6 heteroatoms. The Balaban J connectivity index is 2.11. The first-order valence-electron chi connectivity index (χ1n) is 8.23. The smallest absolute Gasteiger partial charge is 0.167 e. The molecule has 0 heterocycles. The molecule has 0 saturated carbocycles. The maximum absolute atomic E-state index is 6.09. The zero-order valence-electron chi connectivity index (χ0n) is 14.6. The van der Waals surface area contributed by atoms with Crippen LogP contribution in [0.2, 0.25) is 5.02 Å². The molecule has 2 rings (SSSR count). The fourth-order valence-corrected chi connectivity index (χ4v) is 3.12. The summed E-state index contributed by atoms with van der Waals surface area (Å²) < 4.78 is 12.6. The Hall–Kier alpha value is -1.27. The van der Waals surface area contributed by atoms with E-state index in [2.05, 4.69) is 26.6 Å². The van der Waals surface area contributed by atoms with Crippen molar-refractivity contribution < 1.29 is 9.47 Å². The van der Waals surface area contributed by atoms with Crippen LogP contribution in [-0.2, 0) is 13.2 Å². The van der Waals surface area contributed by atoms with Crippen LogP contribution in [-0.4, -0.2) is 27.2 Å². The van der Waals surface area contributed by atoms with Crippen LogP contribution < -0.4 is 20.1 Å². The van der Waals surface area contributed by atoms with Crippen molar-refractivity contribution in [1.29, 1.82) is 0 Å². The fraction of sp³-hybridized carbons (Fsp3) is 0.368. The Morgan fingerprint density at radius 3 is 2.72 bits per heavy atom. The zero-order valence-corrected chi connectivity index (χ0v) is 16.9. The van der Waals surface area contributed by atoms with Gasteiger partial charge in [-0.05, 0) is 56.4 Å². The molecule has 0 spiro atoms. The first-order valence-corrected chi connectivity index (χ1v) is 9.40. The minimum Gasteiger partial charge on any atom is -0.493 e. The van der Waals surface area contributed by atoms with Gasteiger partial charge in [0, 0.05) is 21.6 Å². The van der Waals surface area contributed by atoms with Crippen molar-refractivity contribution in [1.82, 2.24) is 10.6 Å². The molecule has 0 aliphatic heterocycles. The summed E-state index contributed by atoms with van der Waals surface area (Å²) in [5.41, 5.74) is 2.06. The third-order valence-corrected chi connectivity index (χ3v) is 4.72. The van der Waals surface area contributed by atoms with Gasteiger partial charge < -0.3 is 20.1 Å². The number of rotatable bonds is 10. The molecule has 0 fully saturated rings. The van der Waals surface area contributed by atoms with E-state index < -0.39 is 0 Å². The molecule has 25 heavy (non-hydrogen) atoms. The molecule has 4 nitrogen and oxygen atoms in total. The predicted molar refractivity (Wildman–Crippen MR) is 107 cm³/mol. The van der Waals surface area contributed by atoms with Gasteiger partial charge in [0.2, 0.25) is 0 Å². The number of hydrogen-bond acceptors (Lipinski definition) is 4. The highest BCUT2D eigenvalue weighted by atomic mass is 79.9. The molecule has 0 aliphatic carbocycles. The highest BCUT2D eigenvalue weighted by molar-refractivity contribution is 9.10. The zero-order chi connectivity index (χ0) is 18.1. The van der Waals surface area contributed by atoms with Crippen molar-refractivity contribution in [3.63, 3.8) is 0 Å². The van der Waals surface area contributed by atoms with Crippen LogP contribution in [0.15, 0.2) is 40.9 Å². The molecule has 0 radical (unpaired) electrons. The number of hydrogen-bond donors (Lipinski definition) is 2. The lowest BCUT2D eigenvalue weighted by Crippen LogP contribution is -2.20. The Bertz CT molecular complexity index is 682. The Labute approximate surface area is 163 Å². The lowest BCUT2D eigenvalue weighted by Gasteiger charge is -2.17. The third kappa shape index (κ3) is 6.19. The van der Waals surface area contributed by atoms with Crippen molar-refractivity contribution >= 4 is 27.5 Å². The highest BCUT2D eigenvalue weighted by Crippen LogP contribution is 2.36. The van der Waals surface area contributed by atoms with Gasteiger partial charge in [0.05, 0.1) is 7.11 Å². The number of benzene rings is 2. The van der Waals surface area contributed by atoms with Gasteiger partial charge in [0.1, 0.15) is 6.61 Å². The Morgan fingerprint density at radius 2 is 2.00 bits per heavy atom. The van der Waals surface area contributed by atoms with E-state index in [9.17, 15) is 0 Å². The topological polar surface area (TPSA) is 42.5 Å². The van der Waals surface area contributed by atoms with Crippen LogP contribution in [0.3, 0.4) is 0 Å². The molecule has 2 N–H and O–H groups in total. The highest BCUT2D eigenvalue weighted by Gasteiger charge is 2.14. The minimum atomic E-state index is 0.431. The van der Waals surface area contributed by atoms with Crippen molar-refractivity contribution in [2.75, 3.05) is 27.2 Å². The van der Waals surface area contributed by atoms with Gasteiger partial charge in [0.25, 0.3) is 0 Å². The summed E-state index contributed by atoms with van der Waals surface area (Å²) in [5, 5.41) is 7.30. The van der Waals surface area contributed by atoms with E-state index >= 15 is 0 Å². The van der Waals surface area contributed by atoms with E-state index in [4.69, 9.17) is 21.1 Å². The van der Waals surface area contributed by atoms with Crippen LogP contribution in [0.25, 0.3) is 0 Å². The first kappa shape index (κ1) is 20.0. The molecular formula is C19H24BrClN2O2. The summed E-state index contributed by atoms with van der Waals surface area (Å²) in [6.07, 6.45) is 1.07. The molecule has 0 atom stereocenters. The van der Waals surface area contributed by atoms with Gasteiger partial charge in [-0.15, -0.1) is 0 Å². The minimum absolute atomic E-state index is 0.431. The van der Waals surface area contributed by atoms with Gasteiger partial charge in [-0.25, -0.2) is 0 Å². The van der Waals surface area contributed by atoms with Crippen LogP contribution in [0.4, 0.5) is 0 Å². The van der Waals surface area contributed by atoms with Crippen molar-refractivity contribution in [3.05, 3.63) is 57.0 Å². The molecule has 0 saturated heterocycles. The van der Waals surface area contributed by atoms with Crippen molar-refractivity contribution in [2.24, 2.45) is 0 Å². The number of halogens is 2. The average molecular weight is 428 g/mol. The summed E-state index contributed by atoms with van der Waals surface area (Å²) in [5.74, 6) is 1.47. The van der Waals surface area contributed by atoms with Gasteiger partial charge >= 0.3 is 0 Å². The van der Waals surface area contributed by atoms with Crippen molar-refractivity contribution in [2.45, 2.75) is 19.6 Å². The van der Waals surface area contributed by atoms with E-state index in [1.165, 1.54) is 0 Å². The standard InChI is InChI=1S/C19H24BrClN2O2/c1-22-9-4-10-23-12-16-17(20)7-8-18(24-2)19(16)25-13-14-5-3-6-15(21)11-14/h3,5-8,11,22-23H,4,9-10,12-13H2,1-2H3. The quantitative estimate of drug-likeness (QED) is 0.552. The summed E-state index contributed by atoms with van der Waals surface area (Å²) >= 11 is 9.67. The second-order valence-corrected chi connectivity index (χ2v) is 6.90. The van der Waals surface area contributed by atoms with Crippen LogP contribution in [0.5, 0.6) is 11.5 Å². The summed E-state index contributed by atoms with van der Waals surface area (Å²) in [7, 11) is 3.61. The normalized spacial score (nSPS) is 10.7. The number of methoxy groups -OCH3 is 1. The second-order valence-electron chi connectivity index (χ2n) is 5.61. The second kappa shape index (κ2) is 10.7. The van der Waals surface area contributed by atoms with E-state index in [1.807, 2.05) is 43.4 Å². The fourth-order valence-electron chi connectivity index (χ4n) is 2.45. The van der Waals surface area contributed by atoms with Crippen LogP contribution in [0.1, 0.15) is 17.5 Å². The van der Waals surface area contributed by atoms with E-state index in [-0.39, 0.29) is 0 Å². The Morgan fingerprint density at radius 1 is 1.16 bits per heavy atom. The van der Waals surface area contributed by atoms with Crippen LogP contribution in [0, 0.1) is 0 Å². The maximum Gasteiger partial charge on any atom is 0.167 e. The van der Waals surface area contributed by atoms with Crippen molar-refractivity contribution in [3.8, 4) is 11.5 Å². The van der Waals surface area contributed by atoms with Gasteiger partial charge in [-0.3, -0.25) is 0 Å². The number of nitrogens with one attached hydrogen (secondary N) is 2. The monoisotopic (exact) mass is 426 g/mol. The molecule has 0 bridgehead atoms. The summed E-state index contributed by atoms with van der Waals surface area (Å²) in [6, 6.07) is 11.6. The molecule has 0 amide bonds. The molecule has 0 aliphatic rings. The van der Waals surface area contributed by atoms with Gasteiger partial charge in [0.15, 0.2) is 11.5 Å². The average Bonchev–Trinajstić information content (AvgIpc) is 2.61. The maximum atomic E-state index is 6.09. The Kier molecular flexibility index (Phi) is 8.55.